The number of carbonyl (C=O) groups excluding carboxylic acids is 3. The number of rotatable bonds is 4. The van der Waals surface area contributed by atoms with Crippen molar-refractivity contribution in [1.29, 1.82) is 0 Å². The van der Waals surface area contributed by atoms with Crippen molar-refractivity contribution in [3.05, 3.63) is 71.8 Å². The van der Waals surface area contributed by atoms with Crippen LogP contribution in [0.5, 0.6) is 5.75 Å². The van der Waals surface area contributed by atoms with Crippen LogP contribution in [0.3, 0.4) is 0 Å². The molecule has 0 saturated heterocycles. The first-order chi connectivity index (χ1) is 20.6. The number of nitrogens with one attached hydrogen (secondary N) is 3. The van der Waals surface area contributed by atoms with E-state index < -0.39 is 29.6 Å². The molecular weight excluding hydrogens is 544 g/mol. The Balaban J connectivity index is 1.67. The van der Waals surface area contributed by atoms with E-state index in [2.05, 4.69) is 16.0 Å². The lowest BCUT2D eigenvalue weighted by Gasteiger charge is -2.40. The van der Waals surface area contributed by atoms with Crippen molar-refractivity contribution in [2.75, 3.05) is 26.7 Å². The molecule has 1 aliphatic heterocycles. The van der Waals surface area contributed by atoms with E-state index in [4.69, 9.17) is 4.74 Å². The molecule has 0 bridgehead atoms. The van der Waals surface area contributed by atoms with Crippen molar-refractivity contribution in [2.45, 2.75) is 76.1 Å². The monoisotopic (exact) mass is 590 g/mol. The van der Waals surface area contributed by atoms with Crippen LogP contribution in [0.4, 0.5) is 0 Å². The van der Waals surface area contributed by atoms with Crippen molar-refractivity contribution < 1.29 is 24.2 Å². The summed E-state index contributed by atoms with van der Waals surface area (Å²) >= 11 is 0. The number of aliphatic hydroxyl groups is 1. The number of likely N-dealkylation sites (N-methyl/N-ethyl adjacent to an activating group) is 1. The van der Waals surface area contributed by atoms with Gasteiger partial charge in [0.15, 0.2) is 0 Å². The summed E-state index contributed by atoms with van der Waals surface area (Å²) < 4.78 is 6.10. The largest absolute Gasteiger partial charge is 0.492 e. The number of carbonyl (C=O) groups is 3. The lowest BCUT2D eigenvalue weighted by Crippen LogP contribution is -2.64. The van der Waals surface area contributed by atoms with E-state index in [1.165, 1.54) is 18.7 Å². The fraction of sp³-hybridized carbons (Fsp3) is 0.500. The van der Waals surface area contributed by atoms with E-state index in [0.29, 0.717) is 18.9 Å². The molecule has 0 spiro atoms. The number of para-hydroxylation sites is 1. The summed E-state index contributed by atoms with van der Waals surface area (Å²) in [5.41, 5.74) is 0.174. The van der Waals surface area contributed by atoms with Crippen molar-refractivity contribution in [1.82, 2.24) is 20.9 Å². The summed E-state index contributed by atoms with van der Waals surface area (Å²) in [6.45, 7) is 4.05. The topological polar surface area (TPSA) is 120 Å². The molecule has 1 fully saturated rings. The number of nitrogens with zero attached hydrogens (tertiary/aromatic N) is 1. The molecule has 9 nitrogen and oxygen atoms in total. The first kappa shape index (κ1) is 32.2. The van der Waals surface area contributed by atoms with Gasteiger partial charge in [0.1, 0.15) is 24.4 Å². The summed E-state index contributed by atoms with van der Waals surface area (Å²) in [6.07, 6.45) is 9.03. The third-order valence-corrected chi connectivity index (χ3v) is 8.29. The van der Waals surface area contributed by atoms with E-state index in [1.807, 2.05) is 66.7 Å². The highest BCUT2D eigenvalue weighted by molar-refractivity contribution is 5.94. The maximum Gasteiger partial charge on any atom is 0.246 e. The average Bonchev–Trinajstić information content (AvgIpc) is 2.99. The molecule has 2 aromatic rings. The quantitative estimate of drug-likeness (QED) is 0.435. The lowest BCUT2D eigenvalue weighted by atomic mass is 9.82. The molecule has 1 aliphatic carbocycles. The van der Waals surface area contributed by atoms with E-state index in [9.17, 15) is 19.5 Å². The minimum absolute atomic E-state index is 0.103. The van der Waals surface area contributed by atoms with Gasteiger partial charge in [-0.2, -0.15) is 0 Å². The predicted molar refractivity (Wildman–Crippen MR) is 167 cm³/mol. The van der Waals surface area contributed by atoms with Gasteiger partial charge in [0.25, 0.3) is 0 Å². The van der Waals surface area contributed by atoms with Crippen LogP contribution in [0, 0.1) is 5.92 Å². The number of fused-ring (bicyclic) bond motifs is 1. The average molecular weight is 591 g/mol. The number of hydrogen-bond acceptors (Lipinski definition) is 6. The Morgan fingerprint density at radius 2 is 1.65 bits per heavy atom. The first-order valence-electron chi connectivity index (χ1n) is 15.4. The van der Waals surface area contributed by atoms with Crippen LogP contribution >= 0.6 is 0 Å². The molecule has 3 atom stereocenters. The van der Waals surface area contributed by atoms with Crippen LogP contribution in [0.1, 0.15) is 57.1 Å². The molecule has 0 radical (unpaired) electrons. The molecular formula is C34H46N4O5. The SMILES string of the molecule is CN1C(=O)[C@H](C2CCCCC2)NCCOc2ccccc2/C=C/CNC(=O)[C@@H](Cc2ccccc2)NC(=O)[C@@H]1C(C)(C)O. The Morgan fingerprint density at radius 3 is 2.37 bits per heavy atom. The Hall–Kier alpha value is -3.69. The van der Waals surface area contributed by atoms with Gasteiger partial charge in [-0.25, -0.2) is 0 Å². The fourth-order valence-corrected chi connectivity index (χ4v) is 6.14. The molecule has 2 aliphatic rings. The fourth-order valence-electron chi connectivity index (χ4n) is 6.14. The third-order valence-electron chi connectivity index (χ3n) is 8.29. The zero-order valence-electron chi connectivity index (χ0n) is 25.6. The highest BCUT2D eigenvalue weighted by Crippen LogP contribution is 2.28. The molecule has 3 amide bonds. The van der Waals surface area contributed by atoms with Crippen molar-refractivity contribution >= 4 is 23.8 Å². The summed E-state index contributed by atoms with van der Waals surface area (Å²) in [5.74, 6) is -0.398. The molecule has 0 aromatic heterocycles. The minimum atomic E-state index is -1.57. The highest BCUT2D eigenvalue weighted by atomic mass is 16.5. The minimum Gasteiger partial charge on any atom is -0.492 e. The second-order valence-electron chi connectivity index (χ2n) is 12.1. The molecule has 43 heavy (non-hydrogen) atoms. The Labute approximate surface area is 255 Å². The van der Waals surface area contributed by atoms with Crippen LogP contribution in [0.25, 0.3) is 6.08 Å². The normalized spacial score (nSPS) is 24.5. The van der Waals surface area contributed by atoms with Crippen molar-refractivity contribution in [3.63, 3.8) is 0 Å². The Bertz CT molecular complexity index is 1250. The number of hydrogen-bond donors (Lipinski definition) is 4. The zero-order valence-corrected chi connectivity index (χ0v) is 25.6. The van der Waals surface area contributed by atoms with Crippen LogP contribution in [-0.2, 0) is 20.8 Å². The van der Waals surface area contributed by atoms with Crippen molar-refractivity contribution in [3.8, 4) is 5.75 Å². The molecule has 2 aromatic carbocycles. The molecule has 0 unspecified atom stereocenters. The van der Waals surface area contributed by atoms with E-state index in [0.717, 1.165) is 43.2 Å². The molecule has 1 saturated carbocycles. The van der Waals surface area contributed by atoms with Gasteiger partial charge in [0.2, 0.25) is 17.7 Å². The third kappa shape index (κ3) is 8.91. The van der Waals surface area contributed by atoms with Gasteiger partial charge in [-0.15, -0.1) is 0 Å². The van der Waals surface area contributed by atoms with Gasteiger partial charge in [-0.3, -0.25) is 14.4 Å². The molecule has 4 N–H and O–H groups in total. The maximum absolute atomic E-state index is 14.1. The van der Waals surface area contributed by atoms with Gasteiger partial charge in [-0.1, -0.05) is 79.9 Å². The van der Waals surface area contributed by atoms with E-state index in [-0.39, 0.29) is 30.7 Å². The molecule has 232 valence electrons. The smallest absolute Gasteiger partial charge is 0.246 e. The Kier molecular flexibility index (Phi) is 11.4. The van der Waals surface area contributed by atoms with Gasteiger partial charge in [0, 0.05) is 32.1 Å². The van der Waals surface area contributed by atoms with Gasteiger partial charge < -0.3 is 30.7 Å². The summed E-state index contributed by atoms with van der Waals surface area (Å²) in [4.78, 5) is 42.8. The summed E-state index contributed by atoms with van der Waals surface area (Å²) in [6, 6.07) is 14.4. The Morgan fingerprint density at radius 1 is 0.953 bits per heavy atom. The summed E-state index contributed by atoms with van der Waals surface area (Å²) in [5, 5.41) is 20.4. The maximum atomic E-state index is 14.1. The van der Waals surface area contributed by atoms with Gasteiger partial charge >= 0.3 is 0 Å². The van der Waals surface area contributed by atoms with Crippen LogP contribution in [0.15, 0.2) is 60.7 Å². The van der Waals surface area contributed by atoms with Crippen LogP contribution < -0.4 is 20.7 Å². The molecule has 9 heteroatoms. The summed E-state index contributed by atoms with van der Waals surface area (Å²) in [7, 11) is 1.56. The standard InChI is InChI=1S/C34H46N4O5/c1-34(2,42)30-32(40)37-27(23-24-13-6-4-7-14-24)31(39)36-20-12-18-25-15-10-11-19-28(25)43-22-21-35-29(33(41)38(30)3)26-16-8-5-9-17-26/h4,6-7,10-15,18-19,26-27,29-30,35,42H,5,8-9,16-17,20-23H2,1-3H3,(H,36,39)(H,37,40)/b18-12+/t27-,29+,30-/m1/s1. The van der Waals surface area contributed by atoms with Crippen LogP contribution in [-0.4, -0.2) is 78.2 Å². The van der Waals surface area contributed by atoms with E-state index >= 15 is 0 Å². The molecule has 4 rings (SSSR count). The first-order valence-corrected chi connectivity index (χ1v) is 15.4. The predicted octanol–water partition coefficient (Wildman–Crippen LogP) is 3.07. The lowest BCUT2D eigenvalue weighted by molar-refractivity contribution is -0.151. The van der Waals surface area contributed by atoms with Crippen molar-refractivity contribution in [2.24, 2.45) is 5.92 Å². The number of amides is 3. The number of benzene rings is 2. The molecule has 1 heterocycles. The second-order valence-corrected chi connectivity index (χ2v) is 12.1. The zero-order chi connectivity index (χ0) is 30.8. The van der Waals surface area contributed by atoms with E-state index in [1.54, 1.807) is 7.05 Å². The van der Waals surface area contributed by atoms with Gasteiger partial charge in [-0.05, 0) is 44.2 Å². The van der Waals surface area contributed by atoms with Gasteiger partial charge in [0.05, 0.1) is 11.6 Å². The van der Waals surface area contributed by atoms with Crippen LogP contribution in [0.2, 0.25) is 0 Å². The number of ether oxygens (including phenoxy) is 1. The highest BCUT2D eigenvalue weighted by Gasteiger charge is 2.43. The second kappa shape index (κ2) is 15.2.